The third-order valence-electron chi connectivity index (χ3n) is 2.34. The Morgan fingerprint density at radius 3 is 2.76 bits per heavy atom. The number of rotatable bonds is 2. The van der Waals surface area contributed by atoms with Crippen molar-refractivity contribution in [2.75, 3.05) is 11.5 Å². The van der Waals surface area contributed by atoms with E-state index in [9.17, 15) is 9.59 Å². The molecule has 0 unspecified atom stereocenters. The second kappa shape index (κ2) is 4.12. The molecule has 2 rings (SSSR count). The van der Waals surface area contributed by atoms with E-state index >= 15 is 0 Å². The summed E-state index contributed by atoms with van der Waals surface area (Å²) in [6.45, 7) is 0.208. The van der Waals surface area contributed by atoms with E-state index in [-0.39, 0.29) is 18.1 Å². The zero-order chi connectivity index (χ0) is 12.4. The van der Waals surface area contributed by atoms with Gasteiger partial charge in [0, 0.05) is 12.4 Å². The summed E-state index contributed by atoms with van der Waals surface area (Å²) in [6.07, 6.45) is 3.23. The second-order valence-electron chi connectivity index (χ2n) is 3.51. The maximum atomic E-state index is 11.6. The number of hydrogen-bond acceptors (Lipinski definition) is 5. The molecule has 0 radical (unpaired) electrons. The molecule has 0 aliphatic carbocycles. The minimum atomic E-state index is -0.671. The summed E-state index contributed by atoms with van der Waals surface area (Å²) < 4.78 is 1.19. The van der Waals surface area contributed by atoms with E-state index in [1.54, 1.807) is 24.5 Å². The standard InChI is InChI=1S/C10H11N5O2/c11-7-8(12)15(10(17)14-9(7)16)5-6-2-1-3-13-4-6/h1-4H,5,11-12H2,(H,14,16,17). The Balaban J connectivity index is 2.51. The Labute approximate surface area is 95.7 Å². The molecule has 2 aromatic heterocycles. The molecule has 0 aliphatic heterocycles. The van der Waals surface area contributed by atoms with Crippen molar-refractivity contribution in [1.82, 2.24) is 14.5 Å². The fourth-order valence-electron chi connectivity index (χ4n) is 1.43. The zero-order valence-electron chi connectivity index (χ0n) is 8.88. The number of nitrogen functional groups attached to an aromatic ring is 2. The molecule has 0 spiro atoms. The molecule has 0 aliphatic rings. The van der Waals surface area contributed by atoms with Crippen molar-refractivity contribution in [1.29, 1.82) is 0 Å². The van der Waals surface area contributed by atoms with Crippen LogP contribution in [0.1, 0.15) is 5.56 Å². The Kier molecular flexibility index (Phi) is 2.65. The van der Waals surface area contributed by atoms with Gasteiger partial charge in [-0.1, -0.05) is 6.07 Å². The summed E-state index contributed by atoms with van der Waals surface area (Å²) in [5.74, 6) is -0.0393. The molecule has 7 heteroatoms. The average molecular weight is 233 g/mol. The second-order valence-corrected chi connectivity index (χ2v) is 3.51. The summed E-state index contributed by atoms with van der Waals surface area (Å²) in [5, 5.41) is 0. The van der Waals surface area contributed by atoms with Gasteiger partial charge < -0.3 is 11.5 Å². The molecule has 0 amide bonds. The van der Waals surface area contributed by atoms with Crippen LogP contribution in [-0.4, -0.2) is 14.5 Å². The fraction of sp³-hybridized carbons (Fsp3) is 0.100. The van der Waals surface area contributed by atoms with Gasteiger partial charge in [-0.25, -0.2) is 4.79 Å². The molecule has 17 heavy (non-hydrogen) atoms. The van der Waals surface area contributed by atoms with Gasteiger partial charge in [-0.2, -0.15) is 0 Å². The first-order chi connectivity index (χ1) is 8.09. The van der Waals surface area contributed by atoms with Crippen molar-refractivity contribution in [3.8, 4) is 0 Å². The van der Waals surface area contributed by atoms with E-state index in [0.29, 0.717) is 0 Å². The normalized spacial score (nSPS) is 10.4. The van der Waals surface area contributed by atoms with Gasteiger partial charge in [0.15, 0.2) is 0 Å². The lowest BCUT2D eigenvalue weighted by molar-refractivity contribution is 0.733. The number of anilines is 2. The molecule has 0 aromatic carbocycles. The van der Waals surface area contributed by atoms with E-state index in [1.807, 2.05) is 0 Å². The first-order valence-electron chi connectivity index (χ1n) is 4.86. The number of nitrogens with zero attached hydrogens (tertiary/aromatic N) is 2. The van der Waals surface area contributed by atoms with Gasteiger partial charge >= 0.3 is 5.69 Å². The lowest BCUT2D eigenvalue weighted by Crippen LogP contribution is -2.34. The van der Waals surface area contributed by atoms with Crippen LogP contribution in [0.2, 0.25) is 0 Å². The van der Waals surface area contributed by atoms with Crippen molar-refractivity contribution in [2.24, 2.45) is 0 Å². The summed E-state index contributed by atoms with van der Waals surface area (Å²) in [7, 11) is 0. The third-order valence-corrected chi connectivity index (χ3v) is 2.34. The number of nitrogens with one attached hydrogen (secondary N) is 1. The van der Waals surface area contributed by atoms with E-state index < -0.39 is 11.2 Å². The molecule has 7 nitrogen and oxygen atoms in total. The van der Waals surface area contributed by atoms with E-state index in [2.05, 4.69) is 9.97 Å². The molecule has 0 atom stereocenters. The van der Waals surface area contributed by atoms with E-state index in [0.717, 1.165) is 5.56 Å². The van der Waals surface area contributed by atoms with Crippen LogP contribution in [0, 0.1) is 0 Å². The van der Waals surface area contributed by atoms with Gasteiger partial charge in [0.1, 0.15) is 11.5 Å². The average Bonchev–Trinajstić information content (AvgIpc) is 2.33. The lowest BCUT2D eigenvalue weighted by Gasteiger charge is -2.09. The number of H-pyrrole nitrogens is 1. The van der Waals surface area contributed by atoms with Crippen LogP contribution < -0.4 is 22.7 Å². The third kappa shape index (κ3) is 2.03. The van der Waals surface area contributed by atoms with Gasteiger partial charge in [-0.3, -0.25) is 19.3 Å². The fourth-order valence-corrected chi connectivity index (χ4v) is 1.43. The SMILES string of the molecule is Nc1c(N)n(Cc2cccnc2)c(=O)[nH]c1=O. The van der Waals surface area contributed by atoms with E-state index in [4.69, 9.17) is 11.5 Å². The molecule has 2 heterocycles. The van der Waals surface area contributed by atoms with Crippen molar-refractivity contribution >= 4 is 11.5 Å². The molecule has 0 saturated heterocycles. The Hall–Kier alpha value is -2.57. The zero-order valence-corrected chi connectivity index (χ0v) is 8.88. The first-order valence-corrected chi connectivity index (χ1v) is 4.86. The highest BCUT2D eigenvalue weighted by molar-refractivity contribution is 5.56. The predicted molar refractivity (Wildman–Crippen MR) is 63.5 cm³/mol. The number of aromatic nitrogens is 3. The summed E-state index contributed by atoms with van der Waals surface area (Å²) in [6, 6.07) is 3.53. The molecule has 88 valence electrons. The largest absolute Gasteiger partial charge is 0.391 e. The van der Waals surface area contributed by atoms with Crippen LogP contribution in [0.15, 0.2) is 34.1 Å². The Bertz CT molecular complexity index is 644. The van der Waals surface area contributed by atoms with E-state index in [1.165, 1.54) is 4.57 Å². The smallest absolute Gasteiger partial charge is 0.330 e. The van der Waals surface area contributed by atoms with Crippen LogP contribution in [-0.2, 0) is 6.54 Å². The maximum Gasteiger partial charge on any atom is 0.330 e. The van der Waals surface area contributed by atoms with Crippen LogP contribution in [0.5, 0.6) is 0 Å². The number of nitrogens with two attached hydrogens (primary N) is 2. The van der Waals surface area contributed by atoms with Gasteiger partial charge in [-0.15, -0.1) is 0 Å². The minimum Gasteiger partial charge on any atom is -0.391 e. The quantitative estimate of drug-likeness (QED) is 0.623. The predicted octanol–water partition coefficient (Wildman–Crippen LogP) is -0.856. The minimum absolute atomic E-state index is 0.0393. The molecule has 5 N–H and O–H groups in total. The van der Waals surface area contributed by atoms with Crippen LogP contribution >= 0.6 is 0 Å². The molecule has 2 aromatic rings. The molecule has 0 bridgehead atoms. The van der Waals surface area contributed by atoms with Gasteiger partial charge in [-0.05, 0) is 11.6 Å². The van der Waals surface area contributed by atoms with Crippen molar-refractivity contribution in [3.05, 3.63) is 50.9 Å². The van der Waals surface area contributed by atoms with Crippen LogP contribution in [0.25, 0.3) is 0 Å². The van der Waals surface area contributed by atoms with Crippen molar-refractivity contribution in [3.63, 3.8) is 0 Å². The van der Waals surface area contributed by atoms with Crippen molar-refractivity contribution < 1.29 is 0 Å². The summed E-state index contributed by atoms with van der Waals surface area (Å²) in [5.41, 5.74) is 10.5. The highest BCUT2D eigenvalue weighted by atomic mass is 16.2. The highest BCUT2D eigenvalue weighted by Gasteiger charge is 2.09. The lowest BCUT2D eigenvalue weighted by atomic mass is 10.3. The Morgan fingerprint density at radius 2 is 2.12 bits per heavy atom. The van der Waals surface area contributed by atoms with Crippen molar-refractivity contribution in [2.45, 2.75) is 6.54 Å². The topological polar surface area (TPSA) is 120 Å². The Morgan fingerprint density at radius 1 is 1.35 bits per heavy atom. The number of aromatic amines is 1. The highest BCUT2D eigenvalue weighted by Crippen LogP contribution is 2.07. The number of pyridine rings is 1. The monoisotopic (exact) mass is 233 g/mol. The molecule has 0 fully saturated rings. The van der Waals surface area contributed by atoms with Gasteiger partial charge in [0.05, 0.1) is 6.54 Å². The first kappa shape index (κ1) is 10.9. The van der Waals surface area contributed by atoms with Gasteiger partial charge in [0.2, 0.25) is 0 Å². The molecular weight excluding hydrogens is 222 g/mol. The summed E-state index contributed by atoms with van der Waals surface area (Å²) in [4.78, 5) is 28.8. The van der Waals surface area contributed by atoms with Crippen LogP contribution in [0.3, 0.4) is 0 Å². The number of hydrogen-bond donors (Lipinski definition) is 3. The molecular formula is C10H11N5O2. The molecule has 0 saturated carbocycles. The maximum absolute atomic E-state index is 11.6. The van der Waals surface area contributed by atoms with Gasteiger partial charge in [0.25, 0.3) is 5.56 Å². The van der Waals surface area contributed by atoms with Crippen LogP contribution in [0.4, 0.5) is 11.5 Å². The summed E-state index contributed by atoms with van der Waals surface area (Å²) >= 11 is 0.